The Kier molecular flexibility index (Phi) is 5.83. The van der Waals surface area contributed by atoms with Crippen LogP contribution in [0.5, 0.6) is 5.75 Å². The van der Waals surface area contributed by atoms with Crippen LogP contribution in [-0.4, -0.2) is 43.1 Å². The van der Waals surface area contributed by atoms with Gasteiger partial charge in [0.25, 0.3) is 0 Å². The van der Waals surface area contributed by atoms with E-state index in [2.05, 4.69) is 0 Å². The number of sulfonamides is 1. The molecule has 146 valence electrons. The lowest BCUT2D eigenvalue weighted by molar-refractivity contribution is -0.0156. The minimum absolute atomic E-state index is 0.0387. The molecule has 0 bridgehead atoms. The molecule has 0 radical (unpaired) electrons. The van der Waals surface area contributed by atoms with E-state index in [9.17, 15) is 17.9 Å². The van der Waals surface area contributed by atoms with Gasteiger partial charge in [-0.25, -0.2) is 12.8 Å². The van der Waals surface area contributed by atoms with Crippen molar-refractivity contribution in [2.75, 3.05) is 19.7 Å². The standard InChI is InChI=1S/C20H24FNO4S/c1-16-4-2-5-19(14-16)27(24,25)22-12-3-10-20(23,11-13-22)15-26-18-8-6-17(21)7-9-18/h2,4-9,14,23H,3,10-13,15H2,1H3. The average Bonchev–Trinajstić information content (AvgIpc) is 2.84. The van der Waals surface area contributed by atoms with Crippen LogP contribution in [0.25, 0.3) is 0 Å². The Balaban J connectivity index is 1.66. The van der Waals surface area contributed by atoms with E-state index in [1.165, 1.54) is 28.6 Å². The highest BCUT2D eigenvalue weighted by molar-refractivity contribution is 7.89. The number of aryl methyl sites for hydroxylation is 1. The van der Waals surface area contributed by atoms with Crippen LogP contribution in [0, 0.1) is 12.7 Å². The van der Waals surface area contributed by atoms with Crippen molar-refractivity contribution in [2.24, 2.45) is 0 Å². The Bertz CT molecular complexity index is 885. The maximum absolute atomic E-state index is 13.0. The fourth-order valence-electron chi connectivity index (χ4n) is 3.21. The number of halogens is 1. The van der Waals surface area contributed by atoms with Crippen LogP contribution in [0.4, 0.5) is 4.39 Å². The van der Waals surface area contributed by atoms with Gasteiger partial charge in [-0.1, -0.05) is 12.1 Å². The molecule has 1 unspecified atom stereocenters. The van der Waals surface area contributed by atoms with Crippen molar-refractivity contribution < 1.29 is 22.7 Å². The summed E-state index contributed by atoms with van der Waals surface area (Å²) in [5.41, 5.74) is -0.235. The van der Waals surface area contributed by atoms with Crippen LogP contribution < -0.4 is 4.74 Å². The van der Waals surface area contributed by atoms with Gasteiger partial charge in [-0.2, -0.15) is 4.31 Å². The molecule has 1 fully saturated rings. The van der Waals surface area contributed by atoms with Crippen LogP contribution in [0.15, 0.2) is 53.4 Å². The van der Waals surface area contributed by atoms with Gasteiger partial charge in [0, 0.05) is 13.1 Å². The summed E-state index contributed by atoms with van der Waals surface area (Å²) in [6, 6.07) is 12.4. The first kappa shape index (κ1) is 19.8. The monoisotopic (exact) mass is 393 g/mol. The van der Waals surface area contributed by atoms with Crippen LogP contribution in [0.2, 0.25) is 0 Å². The molecule has 5 nitrogen and oxygen atoms in total. The molecule has 7 heteroatoms. The summed E-state index contributed by atoms with van der Waals surface area (Å²) in [7, 11) is -3.59. The second kappa shape index (κ2) is 7.96. The van der Waals surface area contributed by atoms with Crippen molar-refractivity contribution in [3.05, 3.63) is 59.9 Å². The highest BCUT2D eigenvalue weighted by Crippen LogP contribution is 2.27. The number of ether oxygens (including phenoxy) is 1. The number of aliphatic hydroxyl groups is 1. The molecule has 1 aliphatic heterocycles. The SMILES string of the molecule is Cc1cccc(S(=O)(=O)N2CCCC(O)(COc3ccc(F)cc3)CC2)c1. The van der Waals surface area contributed by atoms with Crippen LogP contribution in [-0.2, 0) is 10.0 Å². The lowest BCUT2D eigenvalue weighted by Gasteiger charge is -2.27. The third kappa shape index (κ3) is 4.86. The summed E-state index contributed by atoms with van der Waals surface area (Å²) in [5, 5.41) is 10.8. The van der Waals surface area contributed by atoms with Gasteiger partial charge in [0.15, 0.2) is 0 Å². The highest BCUT2D eigenvalue weighted by atomic mass is 32.2. The normalized spacial score (nSPS) is 21.6. The zero-order valence-corrected chi connectivity index (χ0v) is 16.1. The van der Waals surface area contributed by atoms with E-state index < -0.39 is 15.6 Å². The molecule has 1 heterocycles. The maximum Gasteiger partial charge on any atom is 0.243 e. The lowest BCUT2D eigenvalue weighted by atomic mass is 9.96. The molecule has 2 aromatic carbocycles. The minimum Gasteiger partial charge on any atom is -0.491 e. The number of benzene rings is 2. The first-order valence-corrected chi connectivity index (χ1v) is 10.4. The Labute approximate surface area is 159 Å². The van der Waals surface area contributed by atoms with Gasteiger partial charge < -0.3 is 9.84 Å². The topological polar surface area (TPSA) is 66.8 Å². The second-order valence-electron chi connectivity index (χ2n) is 7.04. The molecule has 0 aliphatic carbocycles. The Hall–Kier alpha value is -1.96. The van der Waals surface area contributed by atoms with Gasteiger partial charge in [0.05, 0.1) is 10.5 Å². The van der Waals surface area contributed by atoms with Crippen molar-refractivity contribution in [1.82, 2.24) is 4.31 Å². The Morgan fingerprint density at radius 1 is 1.15 bits per heavy atom. The maximum atomic E-state index is 13.0. The van der Waals surface area contributed by atoms with Crippen molar-refractivity contribution in [2.45, 2.75) is 36.7 Å². The summed E-state index contributed by atoms with van der Waals surface area (Å²) >= 11 is 0. The fourth-order valence-corrected chi connectivity index (χ4v) is 4.80. The first-order chi connectivity index (χ1) is 12.8. The van der Waals surface area contributed by atoms with E-state index in [0.717, 1.165) is 5.56 Å². The largest absolute Gasteiger partial charge is 0.491 e. The van der Waals surface area contributed by atoms with Gasteiger partial charge in [0.2, 0.25) is 10.0 Å². The summed E-state index contributed by atoms with van der Waals surface area (Å²) < 4.78 is 45.8. The summed E-state index contributed by atoms with van der Waals surface area (Å²) in [4.78, 5) is 0.274. The number of nitrogens with zero attached hydrogens (tertiary/aromatic N) is 1. The van der Waals surface area contributed by atoms with Crippen LogP contribution in [0.3, 0.4) is 0 Å². The summed E-state index contributed by atoms with van der Waals surface area (Å²) in [6.45, 7) is 2.47. The van der Waals surface area contributed by atoms with E-state index in [1.807, 2.05) is 13.0 Å². The van der Waals surface area contributed by atoms with Crippen molar-refractivity contribution >= 4 is 10.0 Å². The molecule has 1 aliphatic rings. The molecule has 0 aromatic heterocycles. The van der Waals surface area contributed by atoms with Crippen molar-refractivity contribution in [1.29, 1.82) is 0 Å². The summed E-state index contributed by atoms with van der Waals surface area (Å²) in [6.07, 6.45) is 1.25. The first-order valence-electron chi connectivity index (χ1n) is 8.96. The van der Waals surface area contributed by atoms with E-state index in [-0.39, 0.29) is 30.3 Å². The fraction of sp³-hybridized carbons (Fsp3) is 0.400. The third-order valence-corrected chi connectivity index (χ3v) is 6.72. The third-order valence-electron chi connectivity index (χ3n) is 4.82. The van der Waals surface area contributed by atoms with E-state index in [0.29, 0.717) is 25.1 Å². The highest BCUT2D eigenvalue weighted by Gasteiger charge is 2.35. The molecule has 1 atom stereocenters. The lowest BCUT2D eigenvalue weighted by Crippen LogP contribution is -2.38. The van der Waals surface area contributed by atoms with Crippen LogP contribution in [0.1, 0.15) is 24.8 Å². The van der Waals surface area contributed by atoms with Gasteiger partial charge in [0.1, 0.15) is 18.2 Å². The quantitative estimate of drug-likeness (QED) is 0.848. The summed E-state index contributed by atoms with van der Waals surface area (Å²) in [5.74, 6) is 0.117. The predicted octanol–water partition coefficient (Wildman–Crippen LogP) is 3.12. The molecule has 2 aromatic rings. The Morgan fingerprint density at radius 3 is 2.59 bits per heavy atom. The number of hydrogen-bond acceptors (Lipinski definition) is 4. The molecule has 27 heavy (non-hydrogen) atoms. The van der Waals surface area contributed by atoms with Crippen molar-refractivity contribution in [3.8, 4) is 5.75 Å². The predicted molar refractivity (Wildman–Crippen MR) is 101 cm³/mol. The van der Waals surface area contributed by atoms with Crippen LogP contribution >= 0.6 is 0 Å². The zero-order valence-electron chi connectivity index (χ0n) is 15.3. The molecule has 0 spiro atoms. The molecule has 1 saturated heterocycles. The number of rotatable bonds is 5. The van der Waals surface area contributed by atoms with Gasteiger partial charge in [-0.05, 0) is 68.1 Å². The molecular formula is C20H24FNO4S. The molecule has 1 N–H and O–H groups in total. The second-order valence-corrected chi connectivity index (χ2v) is 8.98. The van der Waals surface area contributed by atoms with Gasteiger partial charge >= 0.3 is 0 Å². The minimum atomic E-state index is -3.59. The smallest absolute Gasteiger partial charge is 0.243 e. The van der Waals surface area contributed by atoms with E-state index in [1.54, 1.807) is 18.2 Å². The zero-order chi connectivity index (χ0) is 19.5. The Morgan fingerprint density at radius 2 is 1.89 bits per heavy atom. The average molecular weight is 393 g/mol. The van der Waals surface area contributed by atoms with Gasteiger partial charge in [-0.15, -0.1) is 0 Å². The van der Waals surface area contributed by atoms with Crippen molar-refractivity contribution in [3.63, 3.8) is 0 Å². The molecular weight excluding hydrogens is 369 g/mol. The number of hydrogen-bond donors (Lipinski definition) is 1. The molecule has 0 amide bonds. The van der Waals surface area contributed by atoms with Gasteiger partial charge in [-0.3, -0.25) is 0 Å². The van der Waals surface area contributed by atoms with E-state index in [4.69, 9.17) is 4.74 Å². The molecule has 0 saturated carbocycles. The van der Waals surface area contributed by atoms with E-state index >= 15 is 0 Å². The molecule has 3 rings (SSSR count).